The second-order valence-corrected chi connectivity index (χ2v) is 7.49. The van der Waals surface area contributed by atoms with Gasteiger partial charge in [0.2, 0.25) is 10.0 Å². The van der Waals surface area contributed by atoms with Crippen LogP contribution in [0.15, 0.2) is 16.8 Å². The smallest absolute Gasteiger partial charge is 0.214 e. The van der Waals surface area contributed by atoms with E-state index in [9.17, 15) is 8.42 Å². The molecule has 0 amide bonds. The van der Waals surface area contributed by atoms with Crippen LogP contribution < -0.4 is 0 Å². The molecule has 0 saturated carbocycles. The molecule has 0 unspecified atom stereocenters. The first-order valence-electron chi connectivity index (χ1n) is 6.33. The summed E-state index contributed by atoms with van der Waals surface area (Å²) in [6.45, 7) is 5.77. The van der Waals surface area contributed by atoms with Crippen LogP contribution in [0.5, 0.6) is 0 Å². The Morgan fingerprint density at radius 3 is 2.56 bits per heavy atom. The molecule has 1 aromatic rings. The van der Waals surface area contributed by atoms with Crippen molar-refractivity contribution in [3.05, 3.63) is 22.4 Å². The minimum Gasteiger partial charge on any atom is -0.296 e. The SMILES string of the molecule is CCCS(=O)(=O)N1CCN(Cc2ccsc2)CC1. The highest BCUT2D eigenvalue weighted by molar-refractivity contribution is 7.89. The maximum atomic E-state index is 11.9. The number of nitrogens with zero attached hydrogens (tertiary/aromatic N) is 2. The lowest BCUT2D eigenvalue weighted by atomic mass is 10.3. The number of sulfonamides is 1. The van der Waals surface area contributed by atoms with Crippen molar-refractivity contribution in [3.8, 4) is 0 Å². The van der Waals surface area contributed by atoms with Gasteiger partial charge < -0.3 is 0 Å². The minimum absolute atomic E-state index is 0.275. The molecule has 0 bridgehead atoms. The van der Waals surface area contributed by atoms with Gasteiger partial charge in [0.15, 0.2) is 0 Å². The van der Waals surface area contributed by atoms with E-state index in [2.05, 4.69) is 21.7 Å². The van der Waals surface area contributed by atoms with Gasteiger partial charge in [-0.1, -0.05) is 6.92 Å². The van der Waals surface area contributed by atoms with Gasteiger partial charge in [0.05, 0.1) is 5.75 Å². The number of hydrogen-bond acceptors (Lipinski definition) is 4. The Bertz CT molecular complexity index is 448. The summed E-state index contributed by atoms with van der Waals surface area (Å²) in [6.07, 6.45) is 0.692. The highest BCUT2D eigenvalue weighted by Crippen LogP contribution is 2.13. The van der Waals surface area contributed by atoms with E-state index in [1.165, 1.54) is 5.56 Å². The summed E-state index contributed by atoms with van der Waals surface area (Å²) in [5, 5.41) is 4.23. The Labute approximate surface area is 113 Å². The van der Waals surface area contributed by atoms with Crippen molar-refractivity contribution < 1.29 is 8.42 Å². The van der Waals surface area contributed by atoms with Crippen LogP contribution in [-0.2, 0) is 16.6 Å². The van der Waals surface area contributed by atoms with Crippen molar-refractivity contribution in [1.29, 1.82) is 0 Å². The zero-order chi connectivity index (χ0) is 13.0. The Kier molecular flexibility index (Phi) is 4.77. The fourth-order valence-corrected chi connectivity index (χ4v) is 4.35. The first-order valence-corrected chi connectivity index (χ1v) is 8.88. The normalized spacial score (nSPS) is 19.2. The first kappa shape index (κ1) is 14.0. The van der Waals surface area contributed by atoms with E-state index in [-0.39, 0.29) is 5.75 Å². The second kappa shape index (κ2) is 6.14. The standard InChI is InChI=1S/C12H20N2O2S2/c1-2-9-18(15,16)14-6-4-13(5-7-14)10-12-3-8-17-11-12/h3,8,11H,2,4-7,9-10H2,1H3. The topological polar surface area (TPSA) is 40.6 Å². The lowest BCUT2D eigenvalue weighted by Crippen LogP contribution is -2.48. The fraction of sp³-hybridized carbons (Fsp3) is 0.667. The van der Waals surface area contributed by atoms with Crippen molar-refractivity contribution in [2.24, 2.45) is 0 Å². The summed E-state index contributed by atoms with van der Waals surface area (Å²) in [6, 6.07) is 2.13. The zero-order valence-corrected chi connectivity index (χ0v) is 12.3. The van der Waals surface area contributed by atoms with Crippen molar-refractivity contribution in [3.63, 3.8) is 0 Å². The van der Waals surface area contributed by atoms with E-state index in [4.69, 9.17) is 0 Å². The molecule has 2 rings (SSSR count). The van der Waals surface area contributed by atoms with Crippen molar-refractivity contribution in [2.45, 2.75) is 19.9 Å². The molecule has 0 spiro atoms. The van der Waals surface area contributed by atoms with Gasteiger partial charge in [0.1, 0.15) is 0 Å². The highest BCUT2D eigenvalue weighted by atomic mass is 32.2. The molecule has 2 heterocycles. The zero-order valence-electron chi connectivity index (χ0n) is 10.7. The van der Waals surface area contributed by atoms with Gasteiger partial charge in [-0.05, 0) is 28.8 Å². The molecule has 1 aromatic heterocycles. The quantitative estimate of drug-likeness (QED) is 0.826. The predicted molar refractivity (Wildman–Crippen MR) is 75.2 cm³/mol. The molecule has 4 nitrogen and oxygen atoms in total. The largest absolute Gasteiger partial charge is 0.296 e. The molecule has 1 aliphatic rings. The molecular weight excluding hydrogens is 268 g/mol. The number of piperazine rings is 1. The van der Waals surface area contributed by atoms with Gasteiger partial charge in [-0.2, -0.15) is 15.6 Å². The van der Waals surface area contributed by atoms with Gasteiger partial charge in [-0.3, -0.25) is 4.90 Å². The Hall–Kier alpha value is -0.430. The average molecular weight is 288 g/mol. The summed E-state index contributed by atoms with van der Waals surface area (Å²) >= 11 is 1.71. The van der Waals surface area contributed by atoms with Gasteiger partial charge in [-0.25, -0.2) is 8.42 Å². The van der Waals surface area contributed by atoms with Gasteiger partial charge in [-0.15, -0.1) is 0 Å². The molecule has 1 saturated heterocycles. The lowest BCUT2D eigenvalue weighted by Gasteiger charge is -2.33. The van der Waals surface area contributed by atoms with Crippen LogP contribution in [0.1, 0.15) is 18.9 Å². The molecule has 0 N–H and O–H groups in total. The molecule has 6 heteroatoms. The molecule has 1 aliphatic heterocycles. The summed E-state index contributed by atoms with van der Waals surface area (Å²) < 4.78 is 25.5. The molecule has 102 valence electrons. The third kappa shape index (κ3) is 3.54. The summed E-state index contributed by atoms with van der Waals surface area (Å²) in [5.41, 5.74) is 1.32. The van der Waals surface area contributed by atoms with Crippen molar-refractivity contribution >= 4 is 21.4 Å². The molecule has 0 atom stereocenters. The van der Waals surface area contributed by atoms with Gasteiger partial charge in [0.25, 0.3) is 0 Å². The van der Waals surface area contributed by atoms with Crippen molar-refractivity contribution in [1.82, 2.24) is 9.21 Å². The molecule has 0 aromatic carbocycles. The summed E-state index contributed by atoms with van der Waals surface area (Å²) in [4.78, 5) is 2.32. The molecule has 1 fully saturated rings. The van der Waals surface area contributed by atoms with Gasteiger partial charge >= 0.3 is 0 Å². The van der Waals surface area contributed by atoms with Crippen LogP contribution in [0, 0.1) is 0 Å². The van der Waals surface area contributed by atoms with Crippen LogP contribution >= 0.6 is 11.3 Å². The number of hydrogen-bond donors (Lipinski definition) is 0. The van der Waals surface area contributed by atoms with Crippen LogP contribution in [0.2, 0.25) is 0 Å². The third-order valence-electron chi connectivity index (χ3n) is 3.17. The first-order chi connectivity index (χ1) is 8.62. The molecule has 0 aliphatic carbocycles. The predicted octanol–water partition coefficient (Wildman–Crippen LogP) is 1.61. The highest BCUT2D eigenvalue weighted by Gasteiger charge is 2.25. The third-order valence-corrected chi connectivity index (χ3v) is 5.98. The summed E-state index contributed by atoms with van der Waals surface area (Å²) in [7, 11) is -3.01. The van der Waals surface area contributed by atoms with E-state index in [0.717, 1.165) is 19.6 Å². The van der Waals surface area contributed by atoms with Crippen LogP contribution in [0.4, 0.5) is 0 Å². The Morgan fingerprint density at radius 1 is 1.28 bits per heavy atom. The van der Waals surface area contributed by atoms with E-state index in [1.54, 1.807) is 15.6 Å². The second-order valence-electron chi connectivity index (χ2n) is 4.62. The maximum absolute atomic E-state index is 11.9. The van der Waals surface area contributed by atoms with E-state index in [1.807, 2.05) is 6.92 Å². The van der Waals surface area contributed by atoms with E-state index >= 15 is 0 Å². The Morgan fingerprint density at radius 2 is 2.00 bits per heavy atom. The average Bonchev–Trinajstić information content (AvgIpc) is 2.82. The van der Waals surface area contributed by atoms with E-state index < -0.39 is 10.0 Å². The molecule has 18 heavy (non-hydrogen) atoms. The van der Waals surface area contributed by atoms with Crippen LogP contribution in [-0.4, -0.2) is 49.6 Å². The van der Waals surface area contributed by atoms with Crippen LogP contribution in [0.25, 0.3) is 0 Å². The molecule has 0 radical (unpaired) electrons. The molecular formula is C12H20N2O2S2. The van der Waals surface area contributed by atoms with Crippen molar-refractivity contribution in [2.75, 3.05) is 31.9 Å². The maximum Gasteiger partial charge on any atom is 0.214 e. The minimum atomic E-state index is -3.01. The Balaban J connectivity index is 1.84. The van der Waals surface area contributed by atoms with Gasteiger partial charge in [0, 0.05) is 32.7 Å². The fourth-order valence-electron chi connectivity index (χ4n) is 2.19. The lowest BCUT2D eigenvalue weighted by molar-refractivity contribution is 0.182. The monoisotopic (exact) mass is 288 g/mol. The van der Waals surface area contributed by atoms with Crippen LogP contribution in [0.3, 0.4) is 0 Å². The van der Waals surface area contributed by atoms with E-state index in [0.29, 0.717) is 19.5 Å². The summed E-state index contributed by atoms with van der Waals surface area (Å²) in [5.74, 6) is 0.275. The number of thiophene rings is 1. The number of rotatable bonds is 5.